The first-order chi connectivity index (χ1) is 24.2. The number of ether oxygens (including phenoxy) is 4. The maximum absolute atomic E-state index is 12.7. The zero-order valence-electron chi connectivity index (χ0n) is 30.0. The van der Waals surface area contributed by atoms with E-state index in [0.717, 1.165) is 42.0 Å². The number of hydrogen-bond donors (Lipinski definition) is 2. The number of aromatic nitrogens is 1. The van der Waals surface area contributed by atoms with Crippen molar-refractivity contribution in [3.8, 4) is 0 Å². The van der Waals surface area contributed by atoms with E-state index in [-0.39, 0.29) is 57.0 Å². The Morgan fingerprint density at radius 2 is 1.59 bits per heavy atom. The highest BCUT2D eigenvalue weighted by Crippen LogP contribution is 2.38. The molecule has 0 spiro atoms. The summed E-state index contributed by atoms with van der Waals surface area (Å²) in [5.74, 6) is -2.82. The zero-order valence-corrected chi connectivity index (χ0v) is 30.8. The second-order valence-corrected chi connectivity index (χ2v) is 13.7. The van der Waals surface area contributed by atoms with Crippen LogP contribution in [-0.2, 0) is 42.9 Å². The number of esters is 4. The van der Waals surface area contributed by atoms with Crippen molar-refractivity contribution in [3.05, 3.63) is 47.2 Å². The molecule has 0 unspecified atom stereocenters. The van der Waals surface area contributed by atoms with E-state index >= 15 is 0 Å². The summed E-state index contributed by atoms with van der Waals surface area (Å²) in [5.41, 5.74) is 3.48. The lowest BCUT2D eigenvalue weighted by Crippen LogP contribution is -2.42. The molecule has 0 bridgehead atoms. The van der Waals surface area contributed by atoms with Gasteiger partial charge in [0.2, 0.25) is 0 Å². The van der Waals surface area contributed by atoms with Crippen LogP contribution in [0.3, 0.4) is 0 Å². The highest BCUT2D eigenvalue weighted by atomic mass is 35.5. The van der Waals surface area contributed by atoms with Crippen molar-refractivity contribution in [1.82, 2.24) is 4.98 Å². The van der Waals surface area contributed by atoms with E-state index in [4.69, 9.17) is 30.5 Å². The van der Waals surface area contributed by atoms with Crippen molar-refractivity contribution in [2.24, 2.45) is 5.92 Å². The van der Waals surface area contributed by atoms with Gasteiger partial charge in [0.15, 0.2) is 6.10 Å². The average molecular weight is 732 g/mol. The fourth-order valence-electron chi connectivity index (χ4n) is 5.91. The van der Waals surface area contributed by atoms with Gasteiger partial charge in [-0.2, -0.15) is 0 Å². The van der Waals surface area contributed by atoms with E-state index in [9.17, 15) is 29.1 Å². The molecule has 0 saturated heterocycles. The van der Waals surface area contributed by atoms with Crippen LogP contribution >= 0.6 is 11.6 Å². The summed E-state index contributed by atoms with van der Waals surface area (Å²) in [7, 11) is 0. The number of carbonyl (C=O) groups excluding carboxylic acids is 4. The molecule has 1 aromatic carbocycles. The minimum absolute atomic E-state index is 0.0135. The molecule has 2 N–H and O–H groups in total. The molecule has 1 aliphatic carbocycles. The predicted octanol–water partition coefficient (Wildman–Crippen LogP) is 6.58. The molecule has 1 atom stereocenters. The monoisotopic (exact) mass is 731 g/mol. The molecule has 3 rings (SSSR count). The summed E-state index contributed by atoms with van der Waals surface area (Å²) in [5, 5.41) is 13.3. The van der Waals surface area contributed by atoms with E-state index < -0.39 is 36.0 Å². The van der Waals surface area contributed by atoms with Gasteiger partial charge >= 0.3 is 29.8 Å². The van der Waals surface area contributed by atoms with Crippen molar-refractivity contribution in [1.29, 1.82) is 0 Å². The van der Waals surface area contributed by atoms with Gasteiger partial charge in [0.05, 0.1) is 29.7 Å². The number of anilines is 3. The van der Waals surface area contributed by atoms with Crippen LogP contribution in [0, 0.1) is 5.92 Å². The maximum Gasteiger partial charge on any atom is 0.306 e. The number of hydrogen-bond acceptors (Lipinski definition) is 12. The SMILES string of the molecule is CC(=O)OCC(COC(C)=O)OC(=O)CCCC(=O)O[C@H]1CC[C@H](N(CC(C)C)c2ccc([C@H](C)CC(=O)O)cc2Nc2ccc(Cl)nc2)CC1. The number of nitrogens with one attached hydrogen (secondary N) is 1. The van der Waals surface area contributed by atoms with Crippen LogP contribution in [0.15, 0.2) is 36.5 Å². The first-order valence-corrected chi connectivity index (χ1v) is 17.7. The Bertz CT molecular complexity index is 1460. The summed E-state index contributed by atoms with van der Waals surface area (Å²) >= 11 is 6.03. The molecule has 1 heterocycles. The molecule has 51 heavy (non-hydrogen) atoms. The third-order valence-corrected chi connectivity index (χ3v) is 8.56. The molecule has 280 valence electrons. The third-order valence-electron chi connectivity index (χ3n) is 8.34. The van der Waals surface area contributed by atoms with Crippen molar-refractivity contribution < 1.29 is 48.0 Å². The van der Waals surface area contributed by atoms with Crippen LogP contribution in [0.5, 0.6) is 0 Å². The number of rotatable bonds is 19. The number of pyridine rings is 1. The largest absolute Gasteiger partial charge is 0.481 e. The predicted molar refractivity (Wildman–Crippen MR) is 191 cm³/mol. The lowest BCUT2D eigenvalue weighted by molar-refractivity contribution is -0.165. The zero-order chi connectivity index (χ0) is 37.5. The Hall–Kier alpha value is -4.39. The Morgan fingerprint density at radius 1 is 0.941 bits per heavy atom. The van der Waals surface area contributed by atoms with Crippen molar-refractivity contribution >= 4 is 58.5 Å². The molecular weight excluding hydrogens is 682 g/mol. The van der Waals surface area contributed by atoms with Crippen LogP contribution in [0.2, 0.25) is 5.15 Å². The normalized spacial score (nSPS) is 16.2. The van der Waals surface area contributed by atoms with E-state index in [2.05, 4.69) is 29.0 Å². The number of benzene rings is 1. The highest BCUT2D eigenvalue weighted by Gasteiger charge is 2.30. The van der Waals surface area contributed by atoms with Gasteiger partial charge in [-0.1, -0.05) is 38.4 Å². The van der Waals surface area contributed by atoms with Crippen LogP contribution in [0.4, 0.5) is 17.1 Å². The van der Waals surface area contributed by atoms with Crippen LogP contribution in [0.1, 0.15) is 97.5 Å². The van der Waals surface area contributed by atoms with Crippen LogP contribution in [-0.4, -0.2) is 77.9 Å². The maximum atomic E-state index is 12.7. The minimum atomic E-state index is -0.942. The van der Waals surface area contributed by atoms with Gasteiger partial charge in [0.25, 0.3) is 0 Å². The number of halogens is 1. The van der Waals surface area contributed by atoms with Crippen molar-refractivity contribution in [2.45, 2.75) is 110 Å². The lowest BCUT2D eigenvalue weighted by atomic mass is 9.90. The van der Waals surface area contributed by atoms with Crippen LogP contribution < -0.4 is 10.2 Å². The Morgan fingerprint density at radius 3 is 2.16 bits per heavy atom. The molecule has 1 aliphatic rings. The fourth-order valence-corrected chi connectivity index (χ4v) is 6.02. The van der Waals surface area contributed by atoms with Crippen molar-refractivity contribution in [2.75, 3.05) is 30.0 Å². The van der Waals surface area contributed by atoms with Gasteiger partial charge in [-0.25, -0.2) is 4.98 Å². The molecule has 0 radical (unpaired) electrons. The van der Waals surface area contributed by atoms with E-state index in [1.165, 1.54) is 13.8 Å². The third kappa shape index (κ3) is 14.8. The van der Waals surface area contributed by atoms with Gasteiger partial charge in [-0.3, -0.25) is 24.0 Å². The van der Waals surface area contributed by atoms with Crippen molar-refractivity contribution in [3.63, 3.8) is 0 Å². The minimum Gasteiger partial charge on any atom is -0.481 e. The Labute approximate surface area is 304 Å². The quantitative estimate of drug-likeness (QED) is 0.0903. The molecule has 13 nitrogen and oxygen atoms in total. The Balaban J connectivity index is 1.61. The van der Waals surface area contributed by atoms with Gasteiger partial charge in [-0.05, 0) is 73.8 Å². The number of carboxylic acids is 1. The van der Waals surface area contributed by atoms with Crippen LogP contribution in [0.25, 0.3) is 0 Å². The van der Waals surface area contributed by atoms with Gasteiger partial charge in [-0.15, -0.1) is 0 Å². The second-order valence-electron chi connectivity index (χ2n) is 13.3. The van der Waals surface area contributed by atoms with E-state index in [1.54, 1.807) is 12.3 Å². The average Bonchev–Trinajstić information content (AvgIpc) is 3.06. The summed E-state index contributed by atoms with van der Waals surface area (Å²) < 4.78 is 20.8. The number of carboxylic acid groups (broad SMARTS) is 1. The molecule has 1 saturated carbocycles. The molecular formula is C37H50ClN3O10. The molecule has 0 aliphatic heterocycles. The number of nitrogens with zero attached hydrogens (tertiary/aromatic N) is 2. The summed E-state index contributed by atoms with van der Waals surface area (Å²) in [4.78, 5) is 65.3. The van der Waals surface area contributed by atoms with Gasteiger partial charge < -0.3 is 34.3 Å². The molecule has 0 amide bonds. The number of aliphatic carboxylic acids is 1. The van der Waals surface area contributed by atoms with E-state index in [0.29, 0.717) is 23.9 Å². The summed E-state index contributed by atoms with van der Waals surface area (Å²) in [6.45, 7) is 8.94. The first kappa shape index (κ1) is 41.0. The van der Waals surface area contributed by atoms with Gasteiger partial charge in [0, 0.05) is 39.3 Å². The van der Waals surface area contributed by atoms with Gasteiger partial charge in [0.1, 0.15) is 24.5 Å². The Kier molecular flexibility index (Phi) is 16.5. The molecule has 14 heteroatoms. The molecule has 1 aromatic heterocycles. The molecule has 1 fully saturated rings. The highest BCUT2D eigenvalue weighted by molar-refractivity contribution is 6.29. The topological polar surface area (TPSA) is 171 Å². The second kappa shape index (κ2) is 20.5. The molecule has 2 aromatic rings. The van der Waals surface area contributed by atoms with E-state index in [1.807, 2.05) is 31.2 Å². The standard InChI is InChI=1S/C37H50ClN3O10/c1-23(2)20-41(33-15-9-27(24(3)17-35(44)45)18-32(33)40-28-10-16-34(38)39-19-28)29-11-13-30(14-12-29)50-36(46)7-6-8-37(47)51-31(21-48-25(4)42)22-49-26(5)43/h9-10,15-16,18-19,23-24,29-31,40H,6-8,11-14,17,20-22H2,1-5H3,(H,44,45)/t24-,29-,30-/m1/s1. The number of carbonyl (C=O) groups is 5. The first-order valence-electron chi connectivity index (χ1n) is 17.4. The summed E-state index contributed by atoms with van der Waals surface area (Å²) in [6.07, 6.45) is 3.62. The fraction of sp³-hybridized carbons (Fsp3) is 0.568. The lowest BCUT2D eigenvalue weighted by Gasteiger charge is -2.40. The summed E-state index contributed by atoms with van der Waals surface area (Å²) in [6, 6.07) is 9.77. The smallest absolute Gasteiger partial charge is 0.306 e.